The van der Waals surface area contributed by atoms with E-state index < -0.39 is 0 Å². The highest BCUT2D eigenvalue weighted by Gasteiger charge is 2.08. The van der Waals surface area contributed by atoms with Gasteiger partial charge >= 0.3 is 0 Å². The first-order valence-electron chi connectivity index (χ1n) is 5.13. The molecule has 0 aliphatic heterocycles. The average Bonchev–Trinajstić information content (AvgIpc) is 2.23. The van der Waals surface area contributed by atoms with Gasteiger partial charge in [0.1, 0.15) is 0 Å². The quantitative estimate of drug-likeness (QED) is 0.614. The molecule has 0 N–H and O–H groups in total. The van der Waals surface area contributed by atoms with Crippen molar-refractivity contribution >= 4 is 11.6 Å². The Hall–Kier alpha value is -1.14. The van der Waals surface area contributed by atoms with Gasteiger partial charge in [-0.3, -0.25) is 0 Å². The van der Waals surface area contributed by atoms with Crippen LogP contribution in [0.3, 0.4) is 0 Å². The van der Waals surface area contributed by atoms with E-state index in [0.29, 0.717) is 5.92 Å². The number of hydrogen-bond acceptors (Lipinski definition) is 0. The van der Waals surface area contributed by atoms with Crippen LogP contribution in [0.15, 0.2) is 41.5 Å². The molecule has 0 bridgehead atoms. The summed E-state index contributed by atoms with van der Waals surface area (Å²) < 4.78 is 0. The van der Waals surface area contributed by atoms with Gasteiger partial charge in [-0.25, -0.2) is 0 Å². The first-order valence-corrected chi connectivity index (χ1v) is 5.51. The molecule has 0 saturated carbocycles. The van der Waals surface area contributed by atoms with Crippen LogP contribution >= 0.6 is 11.6 Å². The highest BCUT2D eigenvalue weighted by molar-refractivity contribution is 6.31. The molecular weight excluding hydrogens is 204 g/mol. The first-order chi connectivity index (χ1) is 7.16. The van der Waals surface area contributed by atoms with E-state index in [1.54, 1.807) is 0 Å². The maximum atomic E-state index is 5.89. The zero-order chi connectivity index (χ0) is 10.8. The second-order valence-electron chi connectivity index (χ2n) is 3.98. The van der Waals surface area contributed by atoms with Crippen molar-refractivity contribution in [3.05, 3.63) is 65.1 Å². The summed E-state index contributed by atoms with van der Waals surface area (Å²) in [5.74, 6) is 0.452. The van der Waals surface area contributed by atoms with E-state index in [0.717, 1.165) is 17.0 Å². The van der Waals surface area contributed by atoms with Gasteiger partial charge < -0.3 is 0 Å². The van der Waals surface area contributed by atoms with Gasteiger partial charge in [0.05, 0.1) is 0 Å². The minimum atomic E-state index is 0.452. The maximum Gasteiger partial charge on any atom is 0.0363 e. The Balaban J connectivity index is 2.25. The number of allylic oxidation sites excluding steroid dienone is 4. The molecular formula is C14H14Cl-. The van der Waals surface area contributed by atoms with E-state index in [4.69, 9.17) is 11.6 Å². The minimum absolute atomic E-state index is 0.452. The van der Waals surface area contributed by atoms with Gasteiger partial charge in [-0.15, -0.1) is 6.07 Å². The largest absolute Gasteiger partial charge is 0.198 e. The van der Waals surface area contributed by atoms with Gasteiger partial charge in [0, 0.05) is 5.03 Å². The number of aryl methyl sites for hydroxylation is 1. The smallest absolute Gasteiger partial charge is 0.0363 e. The van der Waals surface area contributed by atoms with Crippen LogP contribution in [-0.4, -0.2) is 0 Å². The normalized spacial score (nSPS) is 20.1. The topological polar surface area (TPSA) is 0 Å². The third-order valence-corrected chi connectivity index (χ3v) is 3.14. The number of halogens is 1. The summed E-state index contributed by atoms with van der Waals surface area (Å²) >= 11 is 5.89. The molecule has 15 heavy (non-hydrogen) atoms. The molecule has 2 rings (SSSR count). The standard InChI is InChI=1S/C14H14Cl/c1-10-3-4-13(9-11(10)2)12-5-7-14(15)8-6-12/h3-5,7-9,12H,2,6H2,1H3/q-1. The second-order valence-corrected chi connectivity index (χ2v) is 4.41. The lowest BCUT2D eigenvalue weighted by Crippen LogP contribution is -1.98. The molecule has 1 aliphatic rings. The van der Waals surface area contributed by atoms with Crippen molar-refractivity contribution in [1.82, 2.24) is 0 Å². The van der Waals surface area contributed by atoms with Gasteiger partial charge in [-0.2, -0.15) is 24.1 Å². The summed E-state index contributed by atoms with van der Waals surface area (Å²) in [6, 6.07) is 6.47. The van der Waals surface area contributed by atoms with E-state index in [-0.39, 0.29) is 0 Å². The molecule has 0 saturated heterocycles. The molecule has 0 radical (unpaired) electrons. The molecule has 0 aromatic heterocycles. The predicted octanol–water partition coefficient (Wildman–Crippen LogP) is 4.34. The van der Waals surface area contributed by atoms with Gasteiger partial charge in [0.2, 0.25) is 0 Å². The Morgan fingerprint density at radius 1 is 1.40 bits per heavy atom. The fourth-order valence-electron chi connectivity index (χ4n) is 1.76. The molecule has 1 aromatic carbocycles. The summed E-state index contributed by atoms with van der Waals surface area (Å²) in [6.45, 7) is 6.11. The molecule has 0 amide bonds. The highest BCUT2D eigenvalue weighted by atomic mass is 35.5. The van der Waals surface area contributed by atoms with Gasteiger partial charge in [-0.1, -0.05) is 42.3 Å². The maximum absolute atomic E-state index is 5.89. The average molecular weight is 218 g/mol. The summed E-state index contributed by atoms with van der Waals surface area (Å²) in [5.41, 5.74) is 3.68. The van der Waals surface area contributed by atoms with Crippen LogP contribution in [0.4, 0.5) is 0 Å². The fraction of sp³-hybridized carbons (Fsp3) is 0.214. The van der Waals surface area contributed by atoms with Crippen LogP contribution in [0.2, 0.25) is 0 Å². The van der Waals surface area contributed by atoms with Crippen molar-refractivity contribution in [3.63, 3.8) is 0 Å². The lowest BCUT2D eigenvalue weighted by Gasteiger charge is -2.19. The Bertz CT molecular complexity index is 427. The lowest BCUT2D eigenvalue weighted by atomic mass is 9.90. The second kappa shape index (κ2) is 4.16. The summed E-state index contributed by atoms with van der Waals surface area (Å²) in [5, 5.41) is 0.841. The van der Waals surface area contributed by atoms with Crippen molar-refractivity contribution in [3.8, 4) is 0 Å². The van der Waals surface area contributed by atoms with Crippen LogP contribution < -0.4 is 0 Å². The Morgan fingerprint density at radius 2 is 2.20 bits per heavy atom. The molecule has 1 aromatic rings. The molecule has 0 heterocycles. The molecule has 78 valence electrons. The molecule has 1 heteroatoms. The highest BCUT2D eigenvalue weighted by Crippen LogP contribution is 2.28. The van der Waals surface area contributed by atoms with Gasteiger partial charge in [-0.05, 0) is 18.4 Å². The van der Waals surface area contributed by atoms with Gasteiger partial charge in [0.15, 0.2) is 0 Å². The van der Waals surface area contributed by atoms with Gasteiger partial charge in [0.25, 0.3) is 0 Å². The Labute approximate surface area is 96.3 Å². The zero-order valence-electron chi connectivity index (χ0n) is 8.83. The fourth-order valence-corrected chi connectivity index (χ4v) is 1.93. The SMILES string of the molecule is [CH2-]c1cc(C2C=CC(Cl)=CC2)ccc1C. The monoisotopic (exact) mass is 217 g/mol. The van der Waals surface area contributed by atoms with E-state index >= 15 is 0 Å². The van der Waals surface area contributed by atoms with Crippen LogP contribution in [-0.2, 0) is 0 Å². The molecule has 0 spiro atoms. The van der Waals surface area contributed by atoms with Crippen molar-refractivity contribution in [2.45, 2.75) is 19.3 Å². The molecule has 1 aliphatic carbocycles. The van der Waals surface area contributed by atoms with Crippen molar-refractivity contribution in [2.24, 2.45) is 0 Å². The molecule has 1 unspecified atom stereocenters. The van der Waals surface area contributed by atoms with Crippen LogP contribution in [0.25, 0.3) is 0 Å². The van der Waals surface area contributed by atoms with E-state index in [9.17, 15) is 0 Å². The van der Waals surface area contributed by atoms with E-state index in [1.165, 1.54) is 11.1 Å². The van der Waals surface area contributed by atoms with Crippen molar-refractivity contribution in [2.75, 3.05) is 0 Å². The number of hydrogen-bond donors (Lipinski definition) is 0. The zero-order valence-corrected chi connectivity index (χ0v) is 9.59. The van der Waals surface area contributed by atoms with Crippen molar-refractivity contribution < 1.29 is 0 Å². The Morgan fingerprint density at radius 3 is 2.80 bits per heavy atom. The third kappa shape index (κ3) is 2.27. The first kappa shape index (κ1) is 10.4. The third-order valence-electron chi connectivity index (χ3n) is 2.86. The predicted molar refractivity (Wildman–Crippen MR) is 66.1 cm³/mol. The molecule has 0 nitrogen and oxygen atoms in total. The van der Waals surface area contributed by atoms with Crippen molar-refractivity contribution in [1.29, 1.82) is 0 Å². The molecule has 0 fully saturated rings. The minimum Gasteiger partial charge on any atom is -0.198 e. The van der Waals surface area contributed by atoms with Crippen LogP contribution in [0, 0.1) is 13.8 Å². The van der Waals surface area contributed by atoms with Crippen LogP contribution in [0.5, 0.6) is 0 Å². The lowest BCUT2D eigenvalue weighted by molar-refractivity contribution is 0.850. The van der Waals surface area contributed by atoms with E-state index in [1.807, 2.05) is 6.08 Å². The summed E-state index contributed by atoms with van der Waals surface area (Å²) in [4.78, 5) is 0. The van der Waals surface area contributed by atoms with E-state index in [2.05, 4.69) is 44.2 Å². The summed E-state index contributed by atoms with van der Waals surface area (Å²) in [7, 11) is 0. The number of rotatable bonds is 1. The summed E-state index contributed by atoms with van der Waals surface area (Å²) in [6.07, 6.45) is 7.18. The van der Waals surface area contributed by atoms with Crippen LogP contribution in [0.1, 0.15) is 29.0 Å². The Kier molecular flexibility index (Phi) is 2.88. The number of benzene rings is 1. The molecule has 1 atom stereocenters.